The molecule has 0 atom stereocenters. The molecule has 1 fully saturated rings. The summed E-state index contributed by atoms with van der Waals surface area (Å²) in [7, 11) is 0. The van der Waals surface area contributed by atoms with Crippen molar-refractivity contribution in [2.24, 2.45) is 5.92 Å². The predicted molar refractivity (Wildman–Crippen MR) is 98.0 cm³/mol. The third-order valence-corrected chi connectivity index (χ3v) is 5.05. The summed E-state index contributed by atoms with van der Waals surface area (Å²) in [6.45, 7) is 5.03. The van der Waals surface area contributed by atoms with Gasteiger partial charge in [-0.3, -0.25) is 4.79 Å². The van der Waals surface area contributed by atoms with Gasteiger partial charge in [-0.1, -0.05) is 31.4 Å². The molecule has 1 N–H and O–H groups in total. The third-order valence-electron chi connectivity index (χ3n) is 5.05. The monoisotopic (exact) mass is 327 g/mol. The van der Waals surface area contributed by atoms with Crippen LogP contribution in [-0.4, -0.2) is 22.0 Å². The molecule has 3 rings (SSSR count). The van der Waals surface area contributed by atoms with Crippen LogP contribution in [0.25, 0.3) is 11.0 Å². The Morgan fingerprint density at radius 2 is 2.00 bits per heavy atom. The SMILES string of the molecule is CC(C)n1c(CCNC(=O)CC2CCCCC2)nc2ccccc21. The molecule has 1 heterocycles. The highest BCUT2D eigenvalue weighted by atomic mass is 16.1. The Hall–Kier alpha value is -1.84. The normalized spacial score (nSPS) is 16.0. The number of nitrogens with zero attached hydrogens (tertiary/aromatic N) is 2. The molecule has 130 valence electrons. The van der Waals surface area contributed by atoms with E-state index in [1.54, 1.807) is 0 Å². The summed E-state index contributed by atoms with van der Waals surface area (Å²) in [6.07, 6.45) is 7.83. The minimum absolute atomic E-state index is 0.203. The number of para-hydroxylation sites is 2. The van der Waals surface area contributed by atoms with E-state index in [4.69, 9.17) is 4.98 Å². The molecule has 24 heavy (non-hydrogen) atoms. The summed E-state index contributed by atoms with van der Waals surface area (Å²) < 4.78 is 2.28. The molecular formula is C20H29N3O. The van der Waals surface area contributed by atoms with E-state index in [0.29, 0.717) is 24.9 Å². The molecule has 0 aliphatic heterocycles. The maximum Gasteiger partial charge on any atom is 0.220 e. The van der Waals surface area contributed by atoms with Crippen molar-refractivity contribution in [3.8, 4) is 0 Å². The predicted octanol–water partition coefficient (Wildman–Crippen LogP) is 4.25. The van der Waals surface area contributed by atoms with Crippen molar-refractivity contribution in [1.82, 2.24) is 14.9 Å². The number of aromatic nitrogens is 2. The second-order valence-electron chi connectivity index (χ2n) is 7.29. The molecule has 1 amide bonds. The van der Waals surface area contributed by atoms with Crippen molar-refractivity contribution < 1.29 is 4.79 Å². The fourth-order valence-electron chi connectivity index (χ4n) is 3.89. The largest absolute Gasteiger partial charge is 0.356 e. The zero-order valence-electron chi connectivity index (χ0n) is 14.9. The lowest BCUT2D eigenvalue weighted by Crippen LogP contribution is -2.28. The summed E-state index contributed by atoms with van der Waals surface area (Å²) in [5, 5.41) is 3.10. The Morgan fingerprint density at radius 1 is 1.25 bits per heavy atom. The van der Waals surface area contributed by atoms with E-state index in [-0.39, 0.29) is 5.91 Å². The van der Waals surface area contributed by atoms with Crippen molar-refractivity contribution in [3.63, 3.8) is 0 Å². The van der Waals surface area contributed by atoms with Gasteiger partial charge in [-0.15, -0.1) is 0 Å². The van der Waals surface area contributed by atoms with Crippen LogP contribution in [0.3, 0.4) is 0 Å². The van der Waals surface area contributed by atoms with E-state index in [1.165, 1.54) is 37.6 Å². The Labute approximate surface area is 144 Å². The minimum atomic E-state index is 0.203. The van der Waals surface area contributed by atoms with Crippen LogP contribution < -0.4 is 5.32 Å². The molecule has 0 unspecified atom stereocenters. The van der Waals surface area contributed by atoms with Crippen LogP contribution >= 0.6 is 0 Å². The van der Waals surface area contributed by atoms with E-state index >= 15 is 0 Å². The van der Waals surface area contributed by atoms with Gasteiger partial charge in [-0.25, -0.2) is 4.98 Å². The minimum Gasteiger partial charge on any atom is -0.356 e. The maximum absolute atomic E-state index is 12.2. The number of benzene rings is 1. The number of hydrogen-bond acceptors (Lipinski definition) is 2. The van der Waals surface area contributed by atoms with Gasteiger partial charge in [0, 0.05) is 25.4 Å². The Balaban J connectivity index is 1.57. The molecule has 0 saturated heterocycles. The molecule has 1 aliphatic rings. The first-order valence-corrected chi connectivity index (χ1v) is 9.37. The average Bonchev–Trinajstić information content (AvgIpc) is 2.94. The van der Waals surface area contributed by atoms with Crippen molar-refractivity contribution >= 4 is 16.9 Å². The van der Waals surface area contributed by atoms with Gasteiger partial charge >= 0.3 is 0 Å². The van der Waals surface area contributed by atoms with Crippen molar-refractivity contribution in [2.75, 3.05) is 6.54 Å². The molecule has 0 bridgehead atoms. The zero-order chi connectivity index (χ0) is 16.9. The highest BCUT2D eigenvalue weighted by Crippen LogP contribution is 2.26. The summed E-state index contributed by atoms with van der Waals surface area (Å²) in [5.74, 6) is 1.86. The van der Waals surface area contributed by atoms with Gasteiger partial charge in [-0.2, -0.15) is 0 Å². The van der Waals surface area contributed by atoms with Crippen LogP contribution in [-0.2, 0) is 11.2 Å². The standard InChI is InChI=1S/C20H29N3O/c1-15(2)23-18-11-7-6-10-17(18)22-19(23)12-13-21-20(24)14-16-8-4-3-5-9-16/h6-7,10-11,15-16H,3-5,8-9,12-14H2,1-2H3,(H,21,24). The quantitative estimate of drug-likeness (QED) is 0.862. The fraction of sp³-hybridized carbons (Fsp3) is 0.600. The Morgan fingerprint density at radius 3 is 2.75 bits per heavy atom. The topological polar surface area (TPSA) is 46.9 Å². The van der Waals surface area contributed by atoms with E-state index in [0.717, 1.165) is 17.8 Å². The molecule has 1 aromatic carbocycles. The van der Waals surface area contributed by atoms with Crippen molar-refractivity contribution in [2.45, 2.75) is 64.8 Å². The number of amides is 1. The van der Waals surface area contributed by atoms with Crippen LogP contribution in [0, 0.1) is 5.92 Å². The fourth-order valence-corrected chi connectivity index (χ4v) is 3.89. The van der Waals surface area contributed by atoms with Crippen LogP contribution in [0.15, 0.2) is 24.3 Å². The molecule has 1 saturated carbocycles. The van der Waals surface area contributed by atoms with E-state index in [1.807, 2.05) is 6.07 Å². The van der Waals surface area contributed by atoms with E-state index in [9.17, 15) is 4.79 Å². The van der Waals surface area contributed by atoms with Crippen molar-refractivity contribution in [1.29, 1.82) is 0 Å². The number of carbonyl (C=O) groups is 1. The number of fused-ring (bicyclic) bond motifs is 1. The summed E-state index contributed by atoms with van der Waals surface area (Å²) in [5.41, 5.74) is 2.21. The second kappa shape index (κ2) is 7.82. The first-order valence-electron chi connectivity index (χ1n) is 9.37. The molecule has 0 radical (unpaired) electrons. The van der Waals surface area contributed by atoms with Crippen LogP contribution in [0.1, 0.15) is 64.2 Å². The van der Waals surface area contributed by atoms with Crippen LogP contribution in [0.4, 0.5) is 0 Å². The van der Waals surface area contributed by atoms with E-state index < -0.39 is 0 Å². The van der Waals surface area contributed by atoms with E-state index in [2.05, 4.69) is 41.9 Å². The number of nitrogens with one attached hydrogen (secondary N) is 1. The highest BCUT2D eigenvalue weighted by molar-refractivity contribution is 5.77. The smallest absolute Gasteiger partial charge is 0.220 e. The van der Waals surface area contributed by atoms with Gasteiger partial charge in [0.25, 0.3) is 0 Å². The molecule has 0 spiro atoms. The third kappa shape index (κ3) is 3.97. The summed E-state index contributed by atoms with van der Waals surface area (Å²) in [6, 6.07) is 8.62. The number of hydrogen-bond donors (Lipinski definition) is 1. The van der Waals surface area contributed by atoms with Crippen molar-refractivity contribution in [3.05, 3.63) is 30.1 Å². The second-order valence-corrected chi connectivity index (χ2v) is 7.29. The van der Waals surface area contributed by atoms with Crippen LogP contribution in [0.2, 0.25) is 0 Å². The number of imidazole rings is 1. The molecule has 4 heteroatoms. The highest BCUT2D eigenvalue weighted by Gasteiger charge is 2.17. The number of rotatable bonds is 6. The molecular weight excluding hydrogens is 298 g/mol. The van der Waals surface area contributed by atoms with Crippen LogP contribution in [0.5, 0.6) is 0 Å². The Kier molecular flexibility index (Phi) is 5.54. The van der Waals surface area contributed by atoms with Gasteiger partial charge in [-0.05, 0) is 44.7 Å². The van der Waals surface area contributed by atoms with Gasteiger partial charge < -0.3 is 9.88 Å². The average molecular weight is 327 g/mol. The van der Waals surface area contributed by atoms with Gasteiger partial charge in [0.1, 0.15) is 5.82 Å². The lowest BCUT2D eigenvalue weighted by atomic mass is 9.87. The zero-order valence-corrected chi connectivity index (χ0v) is 14.9. The Bertz CT molecular complexity index is 683. The van der Waals surface area contributed by atoms with Gasteiger partial charge in [0.15, 0.2) is 0 Å². The maximum atomic E-state index is 12.2. The lowest BCUT2D eigenvalue weighted by molar-refractivity contribution is -0.122. The first kappa shape index (κ1) is 17.0. The lowest BCUT2D eigenvalue weighted by Gasteiger charge is -2.20. The summed E-state index contributed by atoms with van der Waals surface area (Å²) >= 11 is 0. The molecule has 4 nitrogen and oxygen atoms in total. The first-order chi connectivity index (χ1) is 11.6. The number of carbonyl (C=O) groups excluding carboxylic acids is 1. The molecule has 1 aliphatic carbocycles. The summed E-state index contributed by atoms with van der Waals surface area (Å²) in [4.78, 5) is 16.9. The molecule has 2 aromatic rings. The van der Waals surface area contributed by atoms with Gasteiger partial charge in [0.05, 0.1) is 11.0 Å². The van der Waals surface area contributed by atoms with Gasteiger partial charge in [0.2, 0.25) is 5.91 Å². The molecule has 1 aromatic heterocycles.